The van der Waals surface area contributed by atoms with Crippen molar-refractivity contribution in [3.63, 3.8) is 0 Å². The van der Waals surface area contributed by atoms with Crippen molar-refractivity contribution in [1.29, 1.82) is 0 Å². The molecule has 0 aromatic heterocycles. The maximum absolute atomic E-state index is 8.96. The number of benzene rings is 1. The second kappa shape index (κ2) is 7.40. The Morgan fingerprint density at radius 1 is 1.52 bits per heavy atom. The molecule has 6 heteroatoms. The van der Waals surface area contributed by atoms with Crippen LogP contribution in [0.2, 0.25) is 0 Å². The van der Waals surface area contributed by atoms with E-state index in [9.17, 15) is 0 Å². The molecule has 0 aliphatic carbocycles. The summed E-state index contributed by atoms with van der Waals surface area (Å²) in [5.74, 6) is 0.0234. The summed E-state index contributed by atoms with van der Waals surface area (Å²) in [5, 5.41) is 15.5. The van der Waals surface area contributed by atoms with Crippen LogP contribution in [0.1, 0.15) is 17.9 Å². The number of nitrogens with two attached hydrogens (primary N) is 1. The summed E-state index contributed by atoms with van der Waals surface area (Å²) in [6.45, 7) is 2.56. The van der Waals surface area contributed by atoms with Crippen molar-refractivity contribution < 1.29 is 14.7 Å². The van der Waals surface area contributed by atoms with E-state index in [-0.39, 0.29) is 17.4 Å². The molecule has 4 N–H and O–H groups in total. The van der Waals surface area contributed by atoms with Gasteiger partial charge < -0.3 is 25.7 Å². The minimum Gasteiger partial charge on any atom is -0.409 e. The molecule has 2 rings (SSSR count). The van der Waals surface area contributed by atoms with Crippen LogP contribution in [0.25, 0.3) is 0 Å². The van der Waals surface area contributed by atoms with Gasteiger partial charge in [-0.3, -0.25) is 0 Å². The minimum absolute atomic E-state index is 0.174. The number of ether oxygens (including phenoxy) is 2. The third-order valence-electron chi connectivity index (χ3n) is 3.97. The van der Waals surface area contributed by atoms with E-state index in [2.05, 4.69) is 10.5 Å². The van der Waals surface area contributed by atoms with Crippen molar-refractivity contribution >= 4 is 5.84 Å². The summed E-state index contributed by atoms with van der Waals surface area (Å²) >= 11 is 0. The normalized spacial score (nSPS) is 24.1. The first-order valence-electron chi connectivity index (χ1n) is 7.07. The number of rotatable bonds is 7. The molecule has 116 valence electrons. The van der Waals surface area contributed by atoms with E-state index in [0.29, 0.717) is 19.7 Å². The van der Waals surface area contributed by atoms with Gasteiger partial charge in [-0.05, 0) is 5.56 Å². The highest BCUT2D eigenvalue weighted by molar-refractivity contribution is 5.87. The second-order valence-electron chi connectivity index (χ2n) is 5.31. The summed E-state index contributed by atoms with van der Waals surface area (Å²) in [6.07, 6.45) is 0.871. The summed E-state index contributed by atoms with van der Waals surface area (Å²) in [5.41, 5.74) is 6.55. The van der Waals surface area contributed by atoms with Gasteiger partial charge in [0.1, 0.15) is 11.4 Å². The molecule has 0 spiro atoms. The van der Waals surface area contributed by atoms with Gasteiger partial charge in [0.05, 0.1) is 12.5 Å². The Kier molecular flexibility index (Phi) is 5.55. The Morgan fingerprint density at radius 2 is 2.29 bits per heavy atom. The highest BCUT2D eigenvalue weighted by atomic mass is 16.5. The highest BCUT2D eigenvalue weighted by Gasteiger charge is 2.34. The standard InChI is InChI=1S/C15H23N3O3/c1-20-15(7-8-21-11-15)10-17-9-13(14(16)18-19)12-5-3-2-4-6-12/h2-6,13,17,19H,7-11H2,1H3,(H2,16,18). The summed E-state index contributed by atoms with van der Waals surface area (Å²) in [7, 11) is 1.70. The number of hydrogen-bond acceptors (Lipinski definition) is 5. The summed E-state index contributed by atoms with van der Waals surface area (Å²) in [4.78, 5) is 0. The molecule has 0 bridgehead atoms. The fraction of sp³-hybridized carbons (Fsp3) is 0.533. The molecule has 0 saturated carbocycles. The van der Waals surface area contributed by atoms with Gasteiger partial charge in [-0.15, -0.1) is 0 Å². The molecule has 1 aliphatic heterocycles. The molecule has 0 amide bonds. The maximum atomic E-state index is 8.96. The van der Waals surface area contributed by atoms with Crippen molar-refractivity contribution in [2.45, 2.75) is 17.9 Å². The second-order valence-corrected chi connectivity index (χ2v) is 5.31. The zero-order valence-corrected chi connectivity index (χ0v) is 12.3. The number of methoxy groups -OCH3 is 1. The molecule has 1 aliphatic rings. The Balaban J connectivity index is 1.97. The van der Waals surface area contributed by atoms with Gasteiger partial charge >= 0.3 is 0 Å². The van der Waals surface area contributed by atoms with E-state index in [1.165, 1.54) is 0 Å². The van der Waals surface area contributed by atoms with Crippen LogP contribution in [0, 0.1) is 0 Å². The molecule has 6 nitrogen and oxygen atoms in total. The molecule has 0 radical (unpaired) electrons. The lowest BCUT2D eigenvalue weighted by molar-refractivity contribution is -0.0156. The lowest BCUT2D eigenvalue weighted by Gasteiger charge is -2.27. The van der Waals surface area contributed by atoms with Crippen LogP contribution >= 0.6 is 0 Å². The molecule has 1 fully saturated rings. The topological polar surface area (TPSA) is 89.1 Å². The first kappa shape index (κ1) is 15.8. The van der Waals surface area contributed by atoms with E-state index in [1.807, 2.05) is 30.3 Å². The van der Waals surface area contributed by atoms with Gasteiger partial charge in [-0.1, -0.05) is 35.5 Å². The van der Waals surface area contributed by atoms with E-state index < -0.39 is 0 Å². The van der Waals surface area contributed by atoms with Crippen molar-refractivity contribution in [1.82, 2.24) is 5.32 Å². The van der Waals surface area contributed by atoms with Crippen molar-refractivity contribution in [2.24, 2.45) is 10.9 Å². The van der Waals surface area contributed by atoms with Crippen LogP contribution in [0.5, 0.6) is 0 Å². The van der Waals surface area contributed by atoms with Crippen molar-refractivity contribution in [3.8, 4) is 0 Å². The number of nitrogens with zero attached hydrogens (tertiary/aromatic N) is 1. The highest BCUT2D eigenvalue weighted by Crippen LogP contribution is 2.22. The molecule has 2 atom stereocenters. The molecule has 1 heterocycles. The molecule has 1 saturated heterocycles. The van der Waals surface area contributed by atoms with Crippen LogP contribution in [-0.2, 0) is 9.47 Å². The minimum atomic E-state index is -0.271. The summed E-state index contributed by atoms with van der Waals surface area (Å²) in [6, 6.07) is 9.75. The third-order valence-corrected chi connectivity index (χ3v) is 3.97. The van der Waals surface area contributed by atoms with Gasteiger partial charge in [0.15, 0.2) is 0 Å². The van der Waals surface area contributed by atoms with E-state index in [0.717, 1.165) is 18.6 Å². The van der Waals surface area contributed by atoms with Gasteiger partial charge in [-0.25, -0.2) is 0 Å². The molecule has 21 heavy (non-hydrogen) atoms. The Hall–Kier alpha value is -1.63. The Labute approximate surface area is 124 Å². The number of nitrogens with one attached hydrogen (secondary N) is 1. The SMILES string of the molecule is COC1(CNCC(/C(N)=N/O)c2ccccc2)CCOC1. The molecule has 1 aromatic rings. The van der Waals surface area contributed by atoms with Gasteiger partial charge in [-0.2, -0.15) is 0 Å². The quantitative estimate of drug-likeness (QED) is 0.301. The van der Waals surface area contributed by atoms with Crippen molar-refractivity contribution in [2.75, 3.05) is 33.4 Å². The number of hydrogen-bond donors (Lipinski definition) is 3. The van der Waals surface area contributed by atoms with E-state index in [4.69, 9.17) is 20.4 Å². The summed E-state index contributed by atoms with van der Waals surface area (Å²) < 4.78 is 11.0. The van der Waals surface area contributed by atoms with Crippen LogP contribution in [0.3, 0.4) is 0 Å². The van der Waals surface area contributed by atoms with Crippen molar-refractivity contribution in [3.05, 3.63) is 35.9 Å². The number of oxime groups is 1. The first-order valence-corrected chi connectivity index (χ1v) is 7.07. The molecular formula is C15H23N3O3. The first-order chi connectivity index (χ1) is 10.2. The average Bonchev–Trinajstić information content (AvgIpc) is 3.01. The van der Waals surface area contributed by atoms with Gasteiger partial charge in [0.25, 0.3) is 0 Å². The lowest BCUT2D eigenvalue weighted by Crippen LogP contribution is -2.45. The van der Waals surface area contributed by atoms with E-state index >= 15 is 0 Å². The predicted octanol–water partition coefficient (Wildman–Crippen LogP) is 0.912. The molecule has 2 unspecified atom stereocenters. The number of amidine groups is 1. The fourth-order valence-electron chi connectivity index (χ4n) is 2.55. The van der Waals surface area contributed by atoms with Crippen LogP contribution < -0.4 is 11.1 Å². The molecular weight excluding hydrogens is 270 g/mol. The smallest absolute Gasteiger partial charge is 0.147 e. The third kappa shape index (κ3) is 3.93. The van der Waals surface area contributed by atoms with Gasteiger partial charge in [0, 0.05) is 33.2 Å². The average molecular weight is 293 g/mol. The lowest BCUT2D eigenvalue weighted by atomic mass is 9.97. The van der Waals surface area contributed by atoms with E-state index in [1.54, 1.807) is 7.11 Å². The zero-order valence-electron chi connectivity index (χ0n) is 12.3. The van der Waals surface area contributed by atoms with Crippen LogP contribution in [0.15, 0.2) is 35.5 Å². The molecule has 1 aromatic carbocycles. The largest absolute Gasteiger partial charge is 0.409 e. The monoisotopic (exact) mass is 293 g/mol. The fourth-order valence-corrected chi connectivity index (χ4v) is 2.55. The predicted molar refractivity (Wildman–Crippen MR) is 80.6 cm³/mol. The van der Waals surface area contributed by atoms with Gasteiger partial charge in [0.2, 0.25) is 0 Å². The van der Waals surface area contributed by atoms with Crippen LogP contribution in [-0.4, -0.2) is 50.1 Å². The zero-order chi connectivity index (χ0) is 15.1. The Morgan fingerprint density at radius 3 is 2.86 bits per heavy atom. The van der Waals surface area contributed by atoms with Crippen LogP contribution in [0.4, 0.5) is 0 Å². The maximum Gasteiger partial charge on any atom is 0.147 e. The Bertz CT molecular complexity index is 458.